The molecule has 2 aromatic rings. The Kier molecular flexibility index (Phi) is 4.76. The number of nitriles is 1. The van der Waals surface area contributed by atoms with Crippen LogP contribution in [0.15, 0.2) is 36.4 Å². The number of benzene rings is 2. The summed E-state index contributed by atoms with van der Waals surface area (Å²) >= 11 is 0. The van der Waals surface area contributed by atoms with Gasteiger partial charge >= 0.3 is 0 Å². The molecule has 0 bridgehead atoms. The van der Waals surface area contributed by atoms with E-state index in [-0.39, 0.29) is 23.0 Å². The third-order valence-corrected chi connectivity index (χ3v) is 3.38. The zero-order valence-electron chi connectivity index (χ0n) is 12.5. The summed E-state index contributed by atoms with van der Waals surface area (Å²) < 4.78 is 18.6. The number of anilines is 1. The highest BCUT2D eigenvalue weighted by Crippen LogP contribution is 2.27. The van der Waals surface area contributed by atoms with Gasteiger partial charge in [-0.05, 0) is 30.7 Å². The van der Waals surface area contributed by atoms with Crippen LogP contribution in [0, 0.1) is 27.3 Å². The molecule has 6 nitrogen and oxygen atoms in total. The number of hydrogen-bond donors (Lipinski definition) is 1. The number of hydrogen-bond acceptors (Lipinski definition) is 5. The van der Waals surface area contributed by atoms with E-state index in [1.54, 1.807) is 13.0 Å². The minimum Gasteiger partial charge on any atom is -0.494 e. The Morgan fingerprint density at radius 1 is 1.35 bits per heavy atom. The van der Waals surface area contributed by atoms with Crippen LogP contribution >= 0.6 is 0 Å². The van der Waals surface area contributed by atoms with Crippen molar-refractivity contribution in [3.8, 4) is 11.8 Å². The molecule has 0 saturated carbocycles. The van der Waals surface area contributed by atoms with Crippen LogP contribution < -0.4 is 10.1 Å². The van der Waals surface area contributed by atoms with Crippen molar-refractivity contribution < 1.29 is 14.1 Å². The monoisotopic (exact) mass is 315 g/mol. The fourth-order valence-electron chi connectivity index (χ4n) is 2.13. The van der Waals surface area contributed by atoms with E-state index in [0.29, 0.717) is 11.3 Å². The Morgan fingerprint density at radius 3 is 2.65 bits per heavy atom. The molecule has 23 heavy (non-hydrogen) atoms. The minimum absolute atomic E-state index is 0.147. The van der Waals surface area contributed by atoms with Crippen molar-refractivity contribution in [3.63, 3.8) is 0 Å². The fraction of sp³-hybridized carbons (Fsp3) is 0.188. The van der Waals surface area contributed by atoms with Gasteiger partial charge in [0.15, 0.2) is 11.6 Å². The molecule has 0 aliphatic heterocycles. The summed E-state index contributed by atoms with van der Waals surface area (Å²) in [7, 11) is 1.38. The second kappa shape index (κ2) is 6.75. The van der Waals surface area contributed by atoms with E-state index >= 15 is 0 Å². The van der Waals surface area contributed by atoms with Gasteiger partial charge in [-0.3, -0.25) is 10.1 Å². The molecular formula is C16H14FN3O3. The lowest BCUT2D eigenvalue weighted by atomic mass is 10.1. The molecule has 0 amide bonds. The highest BCUT2D eigenvalue weighted by atomic mass is 19.1. The zero-order chi connectivity index (χ0) is 17.0. The van der Waals surface area contributed by atoms with Crippen LogP contribution in [0.2, 0.25) is 0 Å². The molecule has 0 aromatic heterocycles. The van der Waals surface area contributed by atoms with E-state index in [1.807, 2.05) is 6.07 Å². The molecule has 0 spiro atoms. The Balaban J connectivity index is 2.26. The van der Waals surface area contributed by atoms with Crippen LogP contribution in [0.4, 0.5) is 15.8 Å². The predicted octanol–water partition coefficient (Wildman–Crippen LogP) is 3.79. The smallest absolute Gasteiger partial charge is 0.270 e. The lowest BCUT2D eigenvalue weighted by molar-refractivity contribution is -0.384. The molecule has 0 heterocycles. The lowest BCUT2D eigenvalue weighted by Crippen LogP contribution is -2.08. The molecule has 1 N–H and O–H groups in total. The average molecular weight is 315 g/mol. The highest BCUT2D eigenvalue weighted by molar-refractivity contribution is 5.62. The van der Waals surface area contributed by atoms with Crippen LogP contribution in [0.1, 0.15) is 24.1 Å². The van der Waals surface area contributed by atoms with Crippen molar-refractivity contribution >= 4 is 11.4 Å². The van der Waals surface area contributed by atoms with Gasteiger partial charge in [0.1, 0.15) is 6.07 Å². The van der Waals surface area contributed by atoms with Crippen LogP contribution in [0.5, 0.6) is 5.75 Å². The van der Waals surface area contributed by atoms with E-state index in [9.17, 15) is 14.5 Å². The van der Waals surface area contributed by atoms with Gasteiger partial charge in [-0.15, -0.1) is 0 Å². The van der Waals surface area contributed by atoms with Gasteiger partial charge in [-0.1, -0.05) is 6.07 Å². The Labute approximate surface area is 132 Å². The van der Waals surface area contributed by atoms with E-state index < -0.39 is 10.7 Å². The van der Waals surface area contributed by atoms with Crippen LogP contribution in [0.3, 0.4) is 0 Å². The topological polar surface area (TPSA) is 88.2 Å². The number of nitrogens with one attached hydrogen (secondary N) is 1. The van der Waals surface area contributed by atoms with Crippen molar-refractivity contribution in [2.45, 2.75) is 13.0 Å². The maximum absolute atomic E-state index is 13.8. The van der Waals surface area contributed by atoms with E-state index in [0.717, 1.165) is 0 Å². The number of nitro benzene ring substituents is 1. The van der Waals surface area contributed by atoms with Gasteiger partial charge < -0.3 is 10.1 Å². The first-order valence-corrected chi connectivity index (χ1v) is 6.74. The standard InChI is InChI=1S/C16H14FN3O3/c1-10(11-3-6-16(23-2)14(17)8-11)19-15-5-4-13(20(21)22)7-12(15)9-18/h3-8,10,19H,1-2H3/t10-/m1/s1. The van der Waals surface area contributed by atoms with Crippen molar-refractivity contribution in [3.05, 3.63) is 63.5 Å². The number of non-ortho nitro benzene ring substituents is 1. The molecule has 2 rings (SSSR count). The molecule has 0 radical (unpaired) electrons. The second-order valence-electron chi connectivity index (χ2n) is 4.86. The largest absolute Gasteiger partial charge is 0.494 e. The Bertz CT molecular complexity index is 787. The van der Waals surface area contributed by atoms with Gasteiger partial charge in [0.25, 0.3) is 5.69 Å². The summed E-state index contributed by atoms with van der Waals surface area (Å²) in [5.41, 5.74) is 1.10. The summed E-state index contributed by atoms with van der Waals surface area (Å²) in [5.74, 6) is -0.336. The third kappa shape index (κ3) is 3.55. The van der Waals surface area contributed by atoms with E-state index in [4.69, 9.17) is 10.00 Å². The molecule has 0 aliphatic carbocycles. The van der Waals surface area contributed by atoms with Gasteiger partial charge in [0, 0.05) is 18.2 Å². The molecule has 0 saturated heterocycles. The fourth-order valence-corrected chi connectivity index (χ4v) is 2.13. The first-order chi connectivity index (χ1) is 11.0. The number of nitro groups is 1. The van der Waals surface area contributed by atoms with E-state index in [1.165, 1.54) is 37.4 Å². The van der Waals surface area contributed by atoms with E-state index in [2.05, 4.69) is 5.32 Å². The van der Waals surface area contributed by atoms with Crippen molar-refractivity contribution in [2.75, 3.05) is 12.4 Å². The van der Waals surface area contributed by atoms with Crippen molar-refractivity contribution in [1.29, 1.82) is 5.26 Å². The number of ether oxygens (including phenoxy) is 1. The second-order valence-corrected chi connectivity index (χ2v) is 4.86. The summed E-state index contributed by atoms with van der Waals surface area (Å²) in [6, 6.07) is 10.2. The summed E-state index contributed by atoms with van der Waals surface area (Å²) in [6.07, 6.45) is 0. The van der Waals surface area contributed by atoms with Crippen molar-refractivity contribution in [1.82, 2.24) is 0 Å². The van der Waals surface area contributed by atoms with Gasteiger partial charge in [-0.25, -0.2) is 4.39 Å². The van der Waals surface area contributed by atoms with Gasteiger partial charge in [-0.2, -0.15) is 5.26 Å². The van der Waals surface area contributed by atoms with Gasteiger partial charge in [0.05, 0.1) is 23.3 Å². The number of rotatable bonds is 5. The predicted molar refractivity (Wildman–Crippen MR) is 82.8 cm³/mol. The number of methoxy groups -OCH3 is 1. The zero-order valence-corrected chi connectivity index (χ0v) is 12.5. The maximum Gasteiger partial charge on any atom is 0.270 e. The first kappa shape index (κ1) is 16.2. The SMILES string of the molecule is COc1ccc([C@@H](C)Nc2ccc([N+](=O)[O-])cc2C#N)cc1F. The van der Waals surface area contributed by atoms with Crippen molar-refractivity contribution in [2.24, 2.45) is 0 Å². The third-order valence-electron chi connectivity index (χ3n) is 3.38. The molecule has 0 unspecified atom stereocenters. The molecule has 118 valence electrons. The van der Waals surface area contributed by atoms with Gasteiger partial charge in [0.2, 0.25) is 0 Å². The minimum atomic E-state index is -0.563. The molecule has 2 aromatic carbocycles. The summed E-state index contributed by atoms with van der Waals surface area (Å²) in [4.78, 5) is 10.2. The highest BCUT2D eigenvalue weighted by Gasteiger charge is 2.14. The van der Waals surface area contributed by atoms with Crippen LogP contribution in [0.25, 0.3) is 0 Å². The molecule has 1 atom stereocenters. The normalized spacial score (nSPS) is 11.4. The Hall–Kier alpha value is -3.14. The molecule has 0 aliphatic rings. The Morgan fingerprint density at radius 2 is 2.09 bits per heavy atom. The van der Waals surface area contributed by atoms with Crippen LogP contribution in [-0.4, -0.2) is 12.0 Å². The molecular weight excluding hydrogens is 301 g/mol. The lowest BCUT2D eigenvalue weighted by Gasteiger charge is -2.17. The number of halogens is 1. The average Bonchev–Trinajstić information content (AvgIpc) is 2.54. The maximum atomic E-state index is 13.8. The number of nitrogens with zero attached hydrogens (tertiary/aromatic N) is 2. The first-order valence-electron chi connectivity index (χ1n) is 6.74. The quantitative estimate of drug-likeness (QED) is 0.670. The van der Waals surface area contributed by atoms with Crippen LogP contribution in [-0.2, 0) is 0 Å². The molecule has 7 heteroatoms. The molecule has 0 fully saturated rings. The summed E-state index contributed by atoms with van der Waals surface area (Å²) in [5, 5.41) is 22.9. The summed E-state index contributed by atoms with van der Waals surface area (Å²) in [6.45, 7) is 1.80.